The van der Waals surface area contributed by atoms with Crippen molar-refractivity contribution in [2.75, 3.05) is 38.5 Å². The number of amides is 1. The van der Waals surface area contributed by atoms with Gasteiger partial charge in [0.15, 0.2) is 0 Å². The van der Waals surface area contributed by atoms with Gasteiger partial charge in [-0.3, -0.25) is 14.7 Å². The first kappa shape index (κ1) is 26.1. The van der Waals surface area contributed by atoms with E-state index in [-0.39, 0.29) is 5.91 Å². The minimum absolute atomic E-state index is 0.173. The highest BCUT2D eigenvalue weighted by molar-refractivity contribution is 7.16. The molecule has 2 aromatic carbocycles. The molecule has 7 nitrogen and oxygen atoms in total. The number of carbonyl (C=O) groups excluding carboxylic acids is 1. The lowest BCUT2D eigenvalue weighted by Gasteiger charge is -2.32. The smallest absolute Gasteiger partial charge is 0.255 e. The Kier molecular flexibility index (Phi) is 7.55. The van der Waals surface area contributed by atoms with E-state index < -0.39 is 0 Å². The van der Waals surface area contributed by atoms with E-state index in [2.05, 4.69) is 46.2 Å². The Labute approximate surface area is 238 Å². The lowest BCUT2D eigenvalue weighted by molar-refractivity contribution is 0.102. The Bertz CT molecular complexity index is 1640. The largest absolute Gasteiger partial charge is 0.457 e. The summed E-state index contributed by atoms with van der Waals surface area (Å²) < 4.78 is 6.34. The lowest BCUT2D eigenvalue weighted by atomic mass is 10.1. The summed E-state index contributed by atoms with van der Waals surface area (Å²) in [7, 11) is 2.16. The number of hydrogen-bond donors (Lipinski definition) is 1. The minimum atomic E-state index is -0.173. The molecular weight excluding hydrogens is 518 g/mol. The Morgan fingerprint density at radius 1 is 1.02 bits per heavy atom. The second-order valence-corrected chi connectivity index (χ2v) is 11.2. The number of ether oxygens (including phenoxy) is 1. The predicted octanol–water partition coefficient (Wildman–Crippen LogP) is 6.46. The fraction of sp³-hybridized carbons (Fsp3) is 0.219. The number of aryl methyl sites for hydroxylation is 1. The number of benzene rings is 2. The van der Waals surface area contributed by atoms with Crippen LogP contribution in [0.3, 0.4) is 0 Å². The Morgan fingerprint density at radius 2 is 1.90 bits per heavy atom. The molecule has 0 radical (unpaired) electrons. The topological polar surface area (TPSA) is 70.6 Å². The number of nitrogens with one attached hydrogen (secondary N) is 1. The normalized spacial score (nSPS) is 14.3. The van der Waals surface area contributed by atoms with E-state index in [0.717, 1.165) is 65.4 Å². The van der Waals surface area contributed by atoms with Gasteiger partial charge in [-0.25, -0.2) is 4.98 Å². The average Bonchev–Trinajstić information content (AvgIpc) is 3.44. The number of aromatic nitrogens is 2. The maximum Gasteiger partial charge on any atom is 0.255 e. The maximum absolute atomic E-state index is 13.3. The van der Waals surface area contributed by atoms with Gasteiger partial charge in [0.1, 0.15) is 16.3 Å². The van der Waals surface area contributed by atoms with Crippen molar-refractivity contribution in [3.05, 3.63) is 101 Å². The number of piperazine rings is 1. The number of nitrogens with zero attached hydrogens (tertiary/aromatic N) is 4. The van der Waals surface area contributed by atoms with E-state index in [1.54, 1.807) is 35.9 Å². The van der Waals surface area contributed by atoms with E-state index in [9.17, 15) is 4.79 Å². The Balaban J connectivity index is 1.20. The molecule has 0 unspecified atom stereocenters. The third-order valence-corrected chi connectivity index (χ3v) is 7.89. The molecule has 1 aliphatic rings. The van der Waals surface area contributed by atoms with Crippen LogP contribution in [-0.4, -0.2) is 58.9 Å². The molecule has 4 heterocycles. The van der Waals surface area contributed by atoms with Crippen molar-refractivity contribution in [1.82, 2.24) is 19.8 Å². The number of likely N-dealkylation sites (N-methyl/N-ethyl adjacent to an activating group) is 1. The molecule has 3 aromatic heterocycles. The molecule has 1 aliphatic heterocycles. The third-order valence-electron chi connectivity index (χ3n) is 7.08. The first-order valence-corrected chi connectivity index (χ1v) is 14.3. The molecule has 0 saturated carbocycles. The monoisotopic (exact) mass is 549 g/mol. The van der Waals surface area contributed by atoms with Gasteiger partial charge in [0.05, 0.1) is 11.1 Å². The first-order chi connectivity index (χ1) is 19.5. The number of pyridine rings is 2. The maximum atomic E-state index is 13.3. The Hall–Kier alpha value is -4.11. The molecule has 0 aliphatic carbocycles. The van der Waals surface area contributed by atoms with Crippen LogP contribution in [0.2, 0.25) is 0 Å². The molecule has 0 bridgehead atoms. The van der Waals surface area contributed by atoms with E-state index in [0.29, 0.717) is 17.1 Å². The van der Waals surface area contributed by atoms with Gasteiger partial charge in [0.2, 0.25) is 0 Å². The van der Waals surface area contributed by atoms with E-state index in [1.165, 1.54) is 5.56 Å². The minimum Gasteiger partial charge on any atom is -0.457 e. The molecule has 40 heavy (non-hydrogen) atoms. The fourth-order valence-electron chi connectivity index (χ4n) is 4.99. The number of anilines is 1. The highest BCUT2D eigenvalue weighted by Gasteiger charge is 2.16. The van der Waals surface area contributed by atoms with Crippen molar-refractivity contribution in [3.8, 4) is 22.8 Å². The number of rotatable bonds is 7. The summed E-state index contributed by atoms with van der Waals surface area (Å²) >= 11 is 1.56. The van der Waals surface area contributed by atoms with Crippen LogP contribution in [0.25, 0.3) is 21.5 Å². The van der Waals surface area contributed by atoms with Gasteiger partial charge in [-0.05, 0) is 79.0 Å². The first-order valence-electron chi connectivity index (χ1n) is 13.4. The van der Waals surface area contributed by atoms with Gasteiger partial charge in [-0.15, -0.1) is 11.3 Å². The zero-order chi connectivity index (χ0) is 27.5. The molecular formula is C32H31N5O2S. The zero-order valence-electron chi connectivity index (χ0n) is 22.6. The highest BCUT2D eigenvalue weighted by atomic mass is 32.1. The predicted molar refractivity (Wildman–Crippen MR) is 161 cm³/mol. The SMILES string of the molecule is Cc1cc(CN2CCN(C)CC2)cc(NC(=O)c2cccc(Oc3cc(-c4cccnc4)nc4sccc34)c2)c1. The summed E-state index contributed by atoms with van der Waals surface area (Å²) in [6, 6.07) is 21.4. The van der Waals surface area contributed by atoms with Crippen molar-refractivity contribution in [2.24, 2.45) is 0 Å². The second-order valence-electron chi connectivity index (χ2n) is 10.3. The average molecular weight is 550 g/mol. The summed E-state index contributed by atoms with van der Waals surface area (Å²) in [5.74, 6) is 1.10. The molecule has 1 fully saturated rings. The highest BCUT2D eigenvalue weighted by Crippen LogP contribution is 2.35. The van der Waals surface area contributed by atoms with Crippen LogP contribution in [0.15, 0.2) is 84.5 Å². The standard InChI is InChI=1S/C32H31N5O2S/c1-22-15-23(21-37-12-10-36(2)11-13-37)17-26(16-22)34-31(38)24-5-3-7-27(18-24)39-30-19-29(25-6-4-9-33-20-25)35-32-28(30)8-14-40-32/h3-9,14-20H,10-13,21H2,1-2H3,(H,34,38). The van der Waals surface area contributed by atoms with Crippen molar-refractivity contribution in [2.45, 2.75) is 13.5 Å². The van der Waals surface area contributed by atoms with Gasteiger partial charge in [-0.2, -0.15) is 0 Å². The summed E-state index contributed by atoms with van der Waals surface area (Å²) in [5.41, 5.74) is 5.37. The molecule has 1 saturated heterocycles. The van der Waals surface area contributed by atoms with Gasteiger partial charge in [0.25, 0.3) is 5.91 Å². The molecule has 202 valence electrons. The van der Waals surface area contributed by atoms with Gasteiger partial charge >= 0.3 is 0 Å². The number of carbonyl (C=O) groups is 1. The van der Waals surface area contributed by atoms with Crippen LogP contribution in [0.1, 0.15) is 21.5 Å². The molecule has 0 atom stereocenters. The lowest BCUT2D eigenvalue weighted by Crippen LogP contribution is -2.43. The van der Waals surface area contributed by atoms with Gasteiger partial charge < -0.3 is 15.0 Å². The van der Waals surface area contributed by atoms with E-state index in [1.807, 2.05) is 47.8 Å². The van der Waals surface area contributed by atoms with E-state index in [4.69, 9.17) is 9.72 Å². The second kappa shape index (κ2) is 11.6. The fourth-order valence-corrected chi connectivity index (χ4v) is 5.77. The molecule has 6 rings (SSSR count). The van der Waals surface area contributed by atoms with Crippen molar-refractivity contribution >= 4 is 33.1 Å². The van der Waals surface area contributed by atoms with Crippen LogP contribution in [-0.2, 0) is 6.54 Å². The van der Waals surface area contributed by atoms with E-state index >= 15 is 0 Å². The quantitative estimate of drug-likeness (QED) is 0.251. The van der Waals surface area contributed by atoms with Crippen LogP contribution in [0.5, 0.6) is 11.5 Å². The molecule has 5 aromatic rings. The van der Waals surface area contributed by atoms with Crippen LogP contribution in [0, 0.1) is 6.92 Å². The number of thiophene rings is 1. The van der Waals surface area contributed by atoms with Crippen LogP contribution in [0.4, 0.5) is 5.69 Å². The van der Waals surface area contributed by atoms with Crippen LogP contribution >= 0.6 is 11.3 Å². The van der Waals surface area contributed by atoms with Gasteiger partial charge in [-0.1, -0.05) is 12.1 Å². The summed E-state index contributed by atoms with van der Waals surface area (Å²) in [4.78, 5) is 28.0. The summed E-state index contributed by atoms with van der Waals surface area (Å²) in [6.45, 7) is 7.21. The number of fused-ring (bicyclic) bond motifs is 1. The van der Waals surface area contributed by atoms with Gasteiger partial charge in [0, 0.05) is 68.0 Å². The third kappa shape index (κ3) is 6.04. The van der Waals surface area contributed by atoms with Crippen molar-refractivity contribution in [1.29, 1.82) is 0 Å². The van der Waals surface area contributed by atoms with Crippen molar-refractivity contribution in [3.63, 3.8) is 0 Å². The number of hydrogen-bond acceptors (Lipinski definition) is 7. The summed E-state index contributed by atoms with van der Waals surface area (Å²) in [5, 5.41) is 6.03. The molecule has 8 heteroatoms. The molecule has 1 amide bonds. The Morgan fingerprint density at radius 3 is 2.73 bits per heavy atom. The van der Waals surface area contributed by atoms with Crippen LogP contribution < -0.4 is 10.1 Å². The zero-order valence-corrected chi connectivity index (χ0v) is 23.4. The summed E-state index contributed by atoms with van der Waals surface area (Å²) in [6.07, 6.45) is 3.53. The van der Waals surface area contributed by atoms with Crippen molar-refractivity contribution < 1.29 is 9.53 Å². The molecule has 0 spiro atoms. The molecule has 1 N–H and O–H groups in total.